The fourth-order valence-electron chi connectivity index (χ4n) is 2.33. The quantitative estimate of drug-likeness (QED) is 0.692. The third-order valence-electron chi connectivity index (χ3n) is 3.74. The lowest BCUT2D eigenvalue weighted by Gasteiger charge is -2.12. The predicted molar refractivity (Wildman–Crippen MR) is 93.4 cm³/mol. The van der Waals surface area contributed by atoms with Gasteiger partial charge in [0.25, 0.3) is 5.91 Å². The van der Waals surface area contributed by atoms with Crippen molar-refractivity contribution in [2.24, 2.45) is 0 Å². The van der Waals surface area contributed by atoms with Gasteiger partial charge >= 0.3 is 0 Å². The first-order valence-electron chi connectivity index (χ1n) is 8.13. The van der Waals surface area contributed by atoms with E-state index in [-0.39, 0.29) is 11.9 Å². The lowest BCUT2D eigenvalue weighted by Crippen LogP contribution is -2.30. The van der Waals surface area contributed by atoms with Gasteiger partial charge in [-0.25, -0.2) is 0 Å². The van der Waals surface area contributed by atoms with E-state index in [4.69, 9.17) is 4.74 Å². The Hall–Kier alpha value is -3.09. The summed E-state index contributed by atoms with van der Waals surface area (Å²) in [6, 6.07) is 11.3. The summed E-state index contributed by atoms with van der Waals surface area (Å²) in [5.74, 6) is 0.546. The number of hydrogen-bond donors (Lipinski definition) is 2. The number of nitrogens with one attached hydrogen (secondary N) is 2. The second-order valence-corrected chi connectivity index (χ2v) is 5.94. The molecule has 0 radical (unpaired) electrons. The molecule has 1 aromatic carbocycles. The van der Waals surface area contributed by atoms with E-state index in [0.29, 0.717) is 18.8 Å². The monoisotopic (exact) mass is 339 g/mol. The molecule has 0 aliphatic heterocycles. The van der Waals surface area contributed by atoms with Crippen molar-refractivity contribution in [2.75, 3.05) is 6.54 Å². The highest BCUT2D eigenvalue weighted by molar-refractivity contribution is 5.92. The van der Waals surface area contributed by atoms with Crippen LogP contribution in [0, 0.1) is 6.92 Å². The Morgan fingerprint density at radius 3 is 2.88 bits per heavy atom. The van der Waals surface area contributed by atoms with Crippen LogP contribution < -0.4 is 10.1 Å². The molecule has 25 heavy (non-hydrogen) atoms. The molecule has 0 spiro atoms. The molecule has 0 bridgehead atoms. The summed E-state index contributed by atoms with van der Waals surface area (Å²) in [7, 11) is 0. The summed E-state index contributed by atoms with van der Waals surface area (Å²) >= 11 is 0. The first kappa shape index (κ1) is 16.8. The van der Waals surface area contributed by atoms with Crippen molar-refractivity contribution in [3.8, 4) is 5.75 Å². The van der Waals surface area contributed by atoms with Crippen molar-refractivity contribution in [1.82, 2.24) is 25.3 Å². The van der Waals surface area contributed by atoms with Gasteiger partial charge in [0.2, 0.25) is 0 Å². The van der Waals surface area contributed by atoms with E-state index in [2.05, 4.69) is 20.6 Å². The molecule has 2 heterocycles. The zero-order chi connectivity index (χ0) is 17.6. The number of H-pyrrole nitrogens is 1. The van der Waals surface area contributed by atoms with Gasteiger partial charge in [-0.2, -0.15) is 10.2 Å². The molecule has 1 amide bonds. The van der Waals surface area contributed by atoms with Crippen LogP contribution in [0.5, 0.6) is 5.75 Å². The number of aromatic nitrogens is 4. The summed E-state index contributed by atoms with van der Waals surface area (Å²) in [6.45, 7) is 4.78. The SMILES string of the molecule is Cc1cnn([C@@H](C)CNC(=O)c2cc(COc3ccccc3)[nH]n2)c1. The highest BCUT2D eigenvalue weighted by Crippen LogP contribution is 2.11. The molecule has 0 saturated carbocycles. The number of rotatable bonds is 7. The predicted octanol–water partition coefficient (Wildman–Crippen LogP) is 2.48. The zero-order valence-electron chi connectivity index (χ0n) is 14.3. The molecule has 3 rings (SSSR count). The average molecular weight is 339 g/mol. The second kappa shape index (κ2) is 7.65. The molecule has 0 saturated heterocycles. The number of nitrogens with zero attached hydrogens (tertiary/aromatic N) is 3. The van der Waals surface area contributed by atoms with Crippen molar-refractivity contribution in [3.05, 3.63) is 65.7 Å². The number of benzene rings is 1. The van der Waals surface area contributed by atoms with Crippen molar-refractivity contribution in [2.45, 2.75) is 26.5 Å². The number of carbonyl (C=O) groups excluding carboxylic acids is 1. The maximum absolute atomic E-state index is 12.2. The van der Waals surface area contributed by atoms with Crippen molar-refractivity contribution in [1.29, 1.82) is 0 Å². The second-order valence-electron chi connectivity index (χ2n) is 5.94. The topological polar surface area (TPSA) is 84.8 Å². The fraction of sp³-hybridized carbons (Fsp3) is 0.278. The van der Waals surface area contributed by atoms with Crippen LogP contribution in [0.3, 0.4) is 0 Å². The maximum Gasteiger partial charge on any atom is 0.271 e. The van der Waals surface area contributed by atoms with Crippen LogP contribution in [0.25, 0.3) is 0 Å². The molecule has 130 valence electrons. The molecule has 1 atom stereocenters. The lowest BCUT2D eigenvalue weighted by atomic mass is 10.3. The van der Waals surface area contributed by atoms with E-state index < -0.39 is 0 Å². The number of aromatic amines is 1. The number of para-hydroxylation sites is 1. The van der Waals surface area contributed by atoms with Crippen LogP contribution >= 0.6 is 0 Å². The standard InChI is InChI=1S/C18H21N5O2/c1-13-9-20-23(11-13)14(2)10-19-18(24)17-8-15(21-22-17)12-25-16-6-4-3-5-7-16/h3-9,11,14H,10,12H2,1-2H3,(H,19,24)(H,21,22)/t14-/m0/s1. The van der Waals surface area contributed by atoms with Crippen LogP contribution in [-0.2, 0) is 6.61 Å². The molecule has 7 heteroatoms. The van der Waals surface area contributed by atoms with Crippen LogP contribution in [0.2, 0.25) is 0 Å². The normalized spacial score (nSPS) is 11.9. The van der Waals surface area contributed by atoms with Crippen LogP contribution in [0.4, 0.5) is 0 Å². The minimum absolute atomic E-state index is 0.0671. The molecule has 2 N–H and O–H groups in total. The van der Waals surface area contributed by atoms with Gasteiger partial charge in [0, 0.05) is 12.7 Å². The Kier molecular flexibility index (Phi) is 5.13. The number of hydrogen-bond acceptors (Lipinski definition) is 4. The van der Waals surface area contributed by atoms with Crippen LogP contribution in [0.15, 0.2) is 48.8 Å². The van der Waals surface area contributed by atoms with Crippen molar-refractivity contribution in [3.63, 3.8) is 0 Å². The van der Waals surface area contributed by atoms with E-state index in [1.54, 1.807) is 12.3 Å². The molecule has 0 unspecified atom stereocenters. The van der Waals surface area contributed by atoms with E-state index in [0.717, 1.165) is 17.0 Å². The zero-order valence-corrected chi connectivity index (χ0v) is 14.3. The molecule has 7 nitrogen and oxygen atoms in total. The smallest absolute Gasteiger partial charge is 0.271 e. The van der Waals surface area contributed by atoms with Gasteiger partial charge in [-0.1, -0.05) is 18.2 Å². The van der Waals surface area contributed by atoms with Gasteiger partial charge in [-0.3, -0.25) is 14.6 Å². The number of amides is 1. The summed E-state index contributed by atoms with van der Waals surface area (Å²) in [5, 5.41) is 14.0. The number of aryl methyl sites for hydroxylation is 1. The number of ether oxygens (including phenoxy) is 1. The minimum atomic E-state index is -0.224. The van der Waals surface area contributed by atoms with Gasteiger partial charge in [0.1, 0.15) is 18.1 Å². The minimum Gasteiger partial charge on any atom is -0.487 e. The van der Waals surface area contributed by atoms with E-state index in [9.17, 15) is 4.79 Å². The molecule has 0 fully saturated rings. The molecule has 0 aliphatic carbocycles. The van der Waals surface area contributed by atoms with Crippen LogP contribution in [-0.4, -0.2) is 32.4 Å². The molecule has 3 aromatic rings. The summed E-state index contributed by atoms with van der Waals surface area (Å²) in [4.78, 5) is 12.2. The Bertz CT molecular complexity index is 825. The van der Waals surface area contributed by atoms with E-state index in [1.165, 1.54) is 0 Å². The maximum atomic E-state index is 12.2. The van der Waals surface area contributed by atoms with Gasteiger partial charge in [0.15, 0.2) is 0 Å². The average Bonchev–Trinajstić information content (AvgIpc) is 3.27. The van der Waals surface area contributed by atoms with Crippen molar-refractivity contribution >= 4 is 5.91 Å². The Labute approximate surface area is 146 Å². The Balaban J connectivity index is 1.50. The summed E-state index contributed by atoms with van der Waals surface area (Å²) < 4.78 is 7.46. The first-order chi connectivity index (χ1) is 12.1. The van der Waals surface area contributed by atoms with Gasteiger partial charge in [0.05, 0.1) is 17.9 Å². The van der Waals surface area contributed by atoms with Gasteiger partial charge in [-0.15, -0.1) is 0 Å². The highest BCUT2D eigenvalue weighted by Gasteiger charge is 2.13. The van der Waals surface area contributed by atoms with Gasteiger partial charge < -0.3 is 10.1 Å². The lowest BCUT2D eigenvalue weighted by molar-refractivity contribution is 0.0943. The largest absolute Gasteiger partial charge is 0.487 e. The summed E-state index contributed by atoms with van der Waals surface area (Å²) in [5.41, 5.74) is 2.17. The molecule has 2 aromatic heterocycles. The molecular weight excluding hydrogens is 318 g/mol. The highest BCUT2D eigenvalue weighted by atomic mass is 16.5. The number of carbonyl (C=O) groups is 1. The van der Waals surface area contributed by atoms with E-state index >= 15 is 0 Å². The Morgan fingerprint density at radius 1 is 1.36 bits per heavy atom. The molecule has 0 aliphatic rings. The Morgan fingerprint density at radius 2 is 2.16 bits per heavy atom. The summed E-state index contributed by atoms with van der Waals surface area (Å²) in [6.07, 6.45) is 3.75. The van der Waals surface area contributed by atoms with Gasteiger partial charge in [-0.05, 0) is 37.6 Å². The third kappa shape index (κ3) is 4.47. The van der Waals surface area contributed by atoms with Crippen LogP contribution in [0.1, 0.15) is 34.7 Å². The molecular formula is C18H21N5O2. The third-order valence-corrected chi connectivity index (χ3v) is 3.74. The fourth-order valence-corrected chi connectivity index (χ4v) is 2.33. The van der Waals surface area contributed by atoms with Crippen molar-refractivity contribution < 1.29 is 9.53 Å². The van der Waals surface area contributed by atoms with E-state index in [1.807, 2.05) is 55.1 Å². The first-order valence-corrected chi connectivity index (χ1v) is 8.13.